The SMILES string of the molecule is CCSc1nc2c(c(=O)[nH]1)C(c1ccc(CC)cc1)C(C(=O)OC)=C(C)N2. The number of ether oxygens (including phenoxy) is 1. The minimum absolute atomic E-state index is 0.248. The van der Waals surface area contributed by atoms with Crippen LogP contribution in [0, 0.1) is 0 Å². The van der Waals surface area contributed by atoms with Crippen LogP contribution in [0.2, 0.25) is 0 Å². The topological polar surface area (TPSA) is 84.1 Å². The highest BCUT2D eigenvalue weighted by Crippen LogP contribution is 2.40. The number of thioether (sulfide) groups is 1. The molecule has 3 rings (SSSR count). The molecule has 1 aromatic heterocycles. The number of H-pyrrole nitrogens is 1. The molecule has 1 aliphatic heterocycles. The molecule has 0 radical (unpaired) electrons. The summed E-state index contributed by atoms with van der Waals surface area (Å²) in [4.78, 5) is 32.8. The van der Waals surface area contributed by atoms with Gasteiger partial charge in [-0.15, -0.1) is 0 Å². The first-order valence-electron chi connectivity index (χ1n) is 8.92. The van der Waals surface area contributed by atoms with E-state index in [4.69, 9.17) is 4.74 Å². The fourth-order valence-corrected chi connectivity index (χ4v) is 3.89. The van der Waals surface area contributed by atoms with Gasteiger partial charge in [-0.25, -0.2) is 9.78 Å². The average Bonchev–Trinajstić information content (AvgIpc) is 2.66. The highest BCUT2D eigenvalue weighted by molar-refractivity contribution is 7.99. The van der Waals surface area contributed by atoms with Crippen LogP contribution in [0.5, 0.6) is 0 Å². The number of hydrogen-bond donors (Lipinski definition) is 2. The summed E-state index contributed by atoms with van der Waals surface area (Å²) in [6, 6.07) is 7.96. The molecule has 1 aliphatic rings. The second-order valence-electron chi connectivity index (χ2n) is 6.25. The molecule has 2 heterocycles. The number of hydrogen-bond acceptors (Lipinski definition) is 6. The van der Waals surface area contributed by atoms with Gasteiger partial charge in [0.15, 0.2) is 5.16 Å². The van der Waals surface area contributed by atoms with E-state index >= 15 is 0 Å². The van der Waals surface area contributed by atoms with E-state index in [0.29, 0.717) is 27.8 Å². The summed E-state index contributed by atoms with van der Waals surface area (Å²) in [5.41, 5.74) is 3.31. The molecule has 7 heteroatoms. The number of fused-ring (bicyclic) bond motifs is 1. The van der Waals surface area contributed by atoms with Crippen LogP contribution in [0.3, 0.4) is 0 Å². The number of benzene rings is 1. The van der Waals surface area contributed by atoms with Crippen LogP contribution in [0.15, 0.2) is 45.5 Å². The summed E-state index contributed by atoms with van der Waals surface area (Å²) in [6.45, 7) is 5.88. The zero-order valence-electron chi connectivity index (χ0n) is 15.9. The maximum Gasteiger partial charge on any atom is 0.336 e. The van der Waals surface area contributed by atoms with Gasteiger partial charge in [0.1, 0.15) is 5.82 Å². The van der Waals surface area contributed by atoms with Gasteiger partial charge < -0.3 is 15.0 Å². The van der Waals surface area contributed by atoms with Crippen molar-refractivity contribution < 1.29 is 9.53 Å². The molecule has 27 heavy (non-hydrogen) atoms. The lowest BCUT2D eigenvalue weighted by Gasteiger charge is -2.28. The maximum atomic E-state index is 12.9. The smallest absolute Gasteiger partial charge is 0.336 e. The Morgan fingerprint density at radius 1 is 1.26 bits per heavy atom. The van der Waals surface area contributed by atoms with E-state index in [0.717, 1.165) is 17.7 Å². The third-order valence-corrected chi connectivity index (χ3v) is 5.38. The minimum atomic E-state index is -0.531. The molecule has 1 atom stereocenters. The lowest BCUT2D eigenvalue weighted by atomic mass is 9.82. The minimum Gasteiger partial charge on any atom is -0.466 e. The molecule has 0 bridgehead atoms. The fourth-order valence-electron chi connectivity index (χ4n) is 3.30. The number of aromatic nitrogens is 2. The standard InChI is InChI=1S/C20H23N3O3S/c1-5-12-7-9-13(10-8-12)15-14(19(25)26-4)11(3)21-17-16(15)18(24)23-20(22-17)27-6-2/h7-10,15H,5-6H2,1-4H3,(H2,21,22,23,24). The highest BCUT2D eigenvalue weighted by atomic mass is 32.2. The Hall–Kier alpha value is -2.54. The molecule has 0 spiro atoms. The highest BCUT2D eigenvalue weighted by Gasteiger charge is 2.36. The summed E-state index contributed by atoms with van der Waals surface area (Å²) < 4.78 is 5.00. The first kappa shape index (κ1) is 19.2. The van der Waals surface area contributed by atoms with Crippen molar-refractivity contribution >= 4 is 23.5 Å². The van der Waals surface area contributed by atoms with E-state index in [1.807, 2.05) is 31.2 Å². The fraction of sp³-hybridized carbons (Fsp3) is 0.350. The van der Waals surface area contributed by atoms with Gasteiger partial charge >= 0.3 is 5.97 Å². The summed E-state index contributed by atoms with van der Waals surface area (Å²) in [5, 5.41) is 3.68. The van der Waals surface area contributed by atoms with Crippen LogP contribution in [-0.2, 0) is 16.0 Å². The van der Waals surface area contributed by atoms with Gasteiger partial charge in [-0.05, 0) is 30.2 Å². The van der Waals surface area contributed by atoms with Gasteiger partial charge in [-0.3, -0.25) is 4.79 Å². The predicted molar refractivity (Wildman–Crippen MR) is 107 cm³/mol. The summed E-state index contributed by atoms with van der Waals surface area (Å²) >= 11 is 1.46. The van der Waals surface area contributed by atoms with E-state index < -0.39 is 11.9 Å². The molecule has 0 saturated carbocycles. The monoisotopic (exact) mass is 385 g/mol. The number of rotatable bonds is 5. The number of methoxy groups -OCH3 is 1. The molecular formula is C20H23N3O3S. The zero-order chi connectivity index (χ0) is 19.6. The Morgan fingerprint density at radius 2 is 1.96 bits per heavy atom. The Kier molecular flexibility index (Phi) is 5.70. The number of aromatic amines is 1. The lowest BCUT2D eigenvalue weighted by molar-refractivity contribution is -0.136. The molecule has 142 valence electrons. The first-order chi connectivity index (χ1) is 13.0. The number of allylic oxidation sites excluding steroid dienone is 1. The predicted octanol–water partition coefficient (Wildman–Crippen LogP) is 3.45. The Bertz CT molecular complexity index is 948. The van der Waals surface area contributed by atoms with Gasteiger partial charge in [0, 0.05) is 5.70 Å². The largest absolute Gasteiger partial charge is 0.466 e. The first-order valence-corrected chi connectivity index (χ1v) is 9.90. The van der Waals surface area contributed by atoms with Crippen LogP contribution in [0.1, 0.15) is 43.4 Å². The van der Waals surface area contributed by atoms with Gasteiger partial charge in [0.2, 0.25) is 0 Å². The zero-order valence-corrected chi connectivity index (χ0v) is 16.7. The van der Waals surface area contributed by atoms with Crippen LogP contribution in [-0.4, -0.2) is 28.8 Å². The molecule has 0 fully saturated rings. The number of carbonyl (C=O) groups is 1. The number of anilines is 1. The summed E-state index contributed by atoms with van der Waals surface area (Å²) in [5.74, 6) is 0.300. The number of nitrogens with one attached hydrogen (secondary N) is 2. The number of carbonyl (C=O) groups excluding carboxylic acids is 1. The molecule has 1 aromatic carbocycles. The number of nitrogens with zero attached hydrogens (tertiary/aromatic N) is 1. The van der Waals surface area contributed by atoms with Crippen molar-refractivity contribution in [1.82, 2.24) is 9.97 Å². The van der Waals surface area contributed by atoms with Crippen molar-refractivity contribution in [3.8, 4) is 0 Å². The van der Waals surface area contributed by atoms with Crippen molar-refractivity contribution in [2.45, 2.75) is 38.3 Å². The number of esters is 1. The van der Waals surface area contributed by atoms with E-state index in [1.54, 1.807) is 6.92 Å². The molecule has 0 amide bonds. The van der Waals surface area contributed by atoms with E-state index in [1.165, 1.54) is 24.4 Å². The number of aryl methyl sites for hydroxylation is 1. The van der Waals surface area contributed by atoms with Crippen LogP contribution < -0.4 is 10.9 Å². The van der Waals surface area contributed by atoms with Gasteiger partial charge in [0.25, 0.3) is 5.56 Å². The molecule has 1 unspecified atom stereocenters. The molecule has 2 aromatic rings. The van der Waals surface area contributed by atoms with Crippen molar-refractivity contribution in [3.63, 3.8) is 0 Å². The van der Waals surface area contributed by atoms with E-state index in [2.05, 4.69) is 22.2 Å². The lowest BCUT2D eigenvalue weighted by Crippen LogP contribution is -2.31. The second-order valence-corrected chi connectivity index (χ2v) is 7.50. The third kappa shape index (κ3) is 3.64. The van der Waals surface area contributed by atoms with E-state index in [9.17, 15) is 9.59 Å². The van der Waals surface area contributed by atoms with Crippen LogP contribution in [0.25, 0.3) is 0 Å². The Balaban J connectivity index is 2.22. The van der Waals surface area contributed by atoms with Gasteiger partial charge in [-0.2, -0.15) is 0 Å². The van der Waals surface area contributed by atoms with E-state index in [-0.39, 0.29) is 5.56 Å². The van der Waals surface area contributed by atoms with Crippen molar-refractivity contribution in [2.24, 2.45) is 0 Å². The van der Waals surface area contributed by atoms with Crippen LogP contribution in [0.4, 0.5) is 5.82 Å². The summed E-state index contributed by atoms with van der Waals surface area (Å²) in [7, 11) is 1.35. The van der Waals surface area contributed by atoms with Crippen molar-refractivity contribution in [3.05, 3.63) is 62.6 Å². The van der Waals surface area contributed by atoms with Gasteiger partial charge in [-0.1, -0.05) is 49.9 Å². The van der Waals surface area contributed by atoms with Crippen molar-refractivity contribution in [2.75, 3.05) is 18.2 Å². The van der Waals surface area contributed by atoms with Crippen LogP contribution >= 0.6 is 11.8 Å². The molecule has 2 N–H and O–H groups in total. The molecule has 6 nitrogen and oxygen atoms in total. The maximum absolute atomic E-state index is 12.9. The average molecular weight is 385 g/mol. The molecular weight excluding hydrogens is 362 g/mol. The Morgan fingerprint density at radius 3 is 2.56 bits per heavy atom. The molecule has 0 aliphatic carbocycles. The quantitative estimate of drug-likeness (QED) is 0.466. The third-order valence-electron chi connectivity index (χ3n) is 4.63. The molecule has 0 saturated heterocycles. The van der Waals surface area contributed by atoms with Crippen molar-refractivity contribution in [1.29, 1.82) is 0 Å². The Labute approximate surface area is 162 Å². The van der Waals surface area contributed by atoms with Gasteiger partial charge in [0.05, 0.1) is 24.2 Å². The second kappa shape index (κ2) is 8.00. The normalized spacial score (nSPS) is 15.9. The summed E-state index contributed by atoms with van der Waals surface area (Å²) in [6.07, 6.45) is 0.918.